The molecule has 2 fully saturated rings. The van der Waals surface area contributed by atoms with E-state index in [0.717, 1.165) is 36.0 Å². The first-order chi connectivity index (χ1) is 18.4. The molecule has 3 heterocycles. The molecule has 0 bridgehead atoms. The summed E-state index contributed by atoms with van der Waals surface area (Å²) in [4.78, 5) is 34.2. The van der Waals surface area contributed by atoms with E-state index in [4.69, 9.17) is 4.74 Å². The normalized spacial score (nSPS) is 22.9. The predicted octanol–water partition coefficient (Wildman–Crippen LogP) is 2.62. The molecular formula is C29H36FN5O3. The van der Waals surface area contributed by atoms with Gasteiger partial charge in [0.2, 0.25) is 11.8 Å². The lowest BCUT2D eigenvalue weighted by Crippen LogP contribution is -2.56. The van der Waals surface area contributed by atoms with Crippen LogP contribution in [0.5, 0.6) is 0 Å². The lowest BCUT2D eigenvalue weighted by Gasteiger charge is -2.32. The van der Waals surface area contributed by atoms with Gasteiger partial charge in [-0.15, -0.1) is 0 Å². The smallest absolute Gasteiger partial charge is 0.247 e. The molecule has 2 aromatic carbocycles. The zero-order chi connectivity index (χ0) is 26.8. The molecule has 2 amide bonds. The number of likely N-dealkylation sites (tertiary alicyclic amines) is 2. The number of nitrogens with zero attached hydrogens (tertiary/aromatic N) is 2. The maximum absolute atomic E-state index is 13.9. The predicted molar refractivity (Wildman–Crippen MR) is 144 cm³/mol. The molecule has 9 heteroatoms. The van der Waals surface area contributed by atoms with E-state index >= 15 is 0 Å². The highest BCUT2D eigenvalue weighted by Crippen LogP contribution is 2.43. The lowest BCUT2D eigenvalue weighted by atomic mass is 9.91. The maximum Gasteiger partial charge on any atom is 0.247 e. The third kappa shape index (κ3) is 5.06. The Kier molecular flexibility index (Phi) is 7.78. The molecule has 3 N–H and O–H groups in total. The van der Waals surface area contributed by atoms with Crippen LogP contribution in [0.2, 0.25) is 0 Å². The first-order valence-corrected chi connectivity index (χ1v) is 13.2. The average Bonchev–Trinajstić information content (AvgIpc) is 3.63. The van der Waals surface area contributed by atoms with Crippen molar-refractivity contribution >= 4 is 22.7 Å². The van der Waals surface area contributed by atoms with E-state index in [-0.39, 0.29) is 42.2 Å². The van der Waals surface area contributed by atoms with Crippen molar-refractivity contribution in [2.45, 2.75) is 50.0 Å². The molecule has 2 saturated heterocycles. The van der Waals surface area contributed by atoms with Gasteiger partial charge in [0.15, 0.2) is 0 Å². The second-order valence-electron chi connectivity index (χ2n) is 10.4. The van der Waals surface area contributed by atoms with Gasteiger partial charge in [-0.3, -0.25) is 14.5 Å². The largest absolute Gasteiger partial charge is 0.382 e. The number of H-pyrrole nitrogens is 1. The van der Waals surface area contributed by atoms with E-state index in [1.807, 2.05) is 35.4 Å². The van der Waals surface area contributed by atoms with Gasteiger partial charge in [-0.25, -0.2) is 4.39 Å². The number of likely N-dealkylation sites (N-methyl/N-ethyl adjacent to an activating group) is 1. The highest BCUT2D eigenvalue weighted by atomic mass is 19.1. The van der Waals surface area contributed by atoms with Crippen LogP contribution in [0.25, 0.3) is 10.9 Å². The fraction of sp³-hybridized carbons (Fsp3) is 0.448. The summed E-state index contributed by atoms with van der Waals surface area (Å²) in [5.74, 6) is -0.628. The molecular weight excluding hydrogens is 485 g/mol. The van der Waals surface area contributed by atoms with Gasteiger partial charge in [0.05, 0.1) is 18.7 Å². The summed E-state index contributed by atoms with van der Waals surface area (Å²) >= 11 is 0. The number of hydrogen-bond donors (Lipinski definition) is 3. The molecule has 3 aromatic rings. The number of ether oxygens (including phenoxy) is 1. The van der Waals surface area contributed by atoms with Gasteiger partial charge in [0, 0.05) is 55.8 Å². The number of aromatic amines is 1. The molecule has 0 radical (unpaired) electrons. The first kappa shape index (κ1) is 26.3. The van der Waals surface area contributed by atoms with Crippen LogP contribution in [-0.2, 0) is 20.9 Å². The van der Waals surface area contributed by atoms with E-state index in [0.29, 0.717) is 6.54 Å². The molecule has 8 nitrogen and oxygen atoms in total. The molecule has 5 atom stereocenters. The Morgan fingerprint density at radius 2 is 2.00 bits per heavy atom. The highest BCUT2D eigenvalue weighted by Gasteiger charge is 2.51. The molecule has 1 aromatic heterocycles. The lowest BCUT2D eigenvalue weighted by molar-refractivity contribution is -0.139. The van der Waals surface area contributed by atoms with Crippen molar-refractivity contribution in [3.8, 4) is 0 Å². The van der Waals surface area contributed by atoms with Crippen LogP contribution < -0.4 is 10.6 Å². The summed E-state index contributed by atoms with van der Waals surface area (Å²) < 4.78 is 19.3. The van der Waals surface area contributed by atoms with Crippen molar-refractivity contribution in [3.05, 3.63) is 71.7 Å². The van der Waals surface area contributed by atoms with Crippen LogP contribution in [0.1, 0.15) is 30.4 Å². The molecule has 202 valence electrons. The molecule has 0 aliphatic carbocycles. The standard InChI is InChI=1S/C29H36FN5O3/c1-18(31-2)28(36)33-25(17-38-3)29(37)35-12-11-26-27(35)23(16-34(26)15-19-7-5-4-6-8-19)22-14-32-24-13-20(30)9-10-21(22)24/h4-10,13-14,18,23,25-27,31-32H,11-12,15-17H2,1-3H3,(H,33,36)/t18-,23+,25-,26+,27+/m0/s1. The fourth-order valence-corrected chi connectivity index (χ4v) is 6.12. The number of carbonyl (C=O) groups is 2. The Morgan fingerprint density at radius 1 is 1.21 bits per heavy atom. The topological polar surface area (TPSA) is 89.7 Å². The third-order valence-electron chi connectivity index (χ3n) is 8.09. The van der Waals surface area contributed by atoms with E-state index < -0.39 is 12.1 Å². The summed E-state index contributed by atoms with van der Waals surface area (Å²) in [5.41, 5.74) is 3.06. The molecule has 0 unspecified atom stereocenters. The number of fused-ring (bicyclic) bond motifs is 2. The van der Waals surface area contributed by atoms with Crippen LogP contribution in [0.4, 0.5) is 4.39 Å². The van der Waals surface area contributed by atoms with Crippen molar-refractivity contribution in [1.29, 1.82) is 0 Å². The third-order valence-corrected chi connectivity index (χ3v) is 8.09. The van der Waals surface area contributed by atoms with Gasteiger partial charge in [-0.2, -0.15) is 0 Å². The molecule has 2 aliphatic heterocycles. The number of methoxy groups -OCH3 is 1. The summed E-state index contributed by atoms with van der Waals surface area (Å²) in [6.07, 6.45) is 2.80. The number of rotatable bonds is 9. The van der Waals surface area contributed by atoms with Crippen molar-refractivity contribution in [2.24, 2.45) is 0 Å². The van der Waals surface area contributed by atoms with E-state index in [2.05, 4.69) is 32.7 Å². The van der Waals surface area contributed by atoms with Crippen LogP contribution >= 0.6 is 0 Å². The molecule has 0 spiro atoms. The summed E-state index contributed by atoms with van der Waals surface area (Å²) in [6, 6.07) is 14.1. The SMILES string of the molecule is CN[C@@H](C)C(=O)N[C@@H](COC)C(=O)N1CC[C@@H]2[C@H]1[C@@H](c1c[nH]c3cc(F)ccc13)CN2Cc1ccccc1. The molecule has 0 saturated carbocycles. The number of halogens is 1. The van der Waals surface area contributed by atoms with Gasteiger partial charge in [0.1, 0.15) is 11.9 Å². The molecule has 5 rings (SSSR count). The second-order valence-corrected chi connectivity index (χ2v) is 10.4. The minimum absolute atomic E-state index is 0.0319. The Morgan fingerprint density at radius 3 is 2.74 bits per heavy atom. The van der Waals surface area contributed by atoms with Crippen LogP contribution in [0.15, 0.2) is 54.7 Å². The van der Waals surface area contributed by atoms with E-state index in [1.165, 1.54) is 24.8 Å². The average molecular weight is 522 g/mol. The van der Waals surface area contributed by atoms with Crippen LogP contribution in [0, 0.1) is 5.82 Å². The Labute approximate surface area is 222 Å². The van der Waals surface area contributed by atoms with Gasteiger partial charge in [0.25, 0.3) is 0 Å². The number of hydrogen-bond acceptors (Lipinski definition) is 5. The van der Waals surface area contributed by atoms with E-state index in [9.17, 15) is 14.0 Å². The van der Waals surface area contributed by atoms with Crippen LogP contribution in [-0.4, -0.2) is 84.6 Å². The Bertz CT molecular complexity index is 1280. The van der Waals surface area contributed by atoms with Crippen molar-refractivity contribution in [1.82, 2.24) is 25.4 Å². The highest BCUT2D eigenvalue weighted by molar-refractivity contribution is 5.90. The Balaban J connectivity index is 1.47. The van der Waals surface area contributed by atoms with Crippen LogP contribution in [0.3, 0.4) is 0 Å². The summed E-state index contributed by atoms with van der Waals surface area (Å²) in [6.45, 7) is 4.01. The monoisotopic (exact) mass is 521 g/mol. The summed E-state index contributed by atoms with van der Waals surface area (Å²) in [5, 5.41) is 6.77. The maximum atomic E-state index is 13.9. The van der Waals surface area contributed by atoms with Crippen molar-refractivity contribution in [3.63, 3.8) is 0 Å². The van der Waals surface area contributed by atoms with Gasteiger partial charge >= 0.3 is 0 Å². The fourth-order valence-electron chi connectivity index (χ4n) is 6.12. The first-order valence-electron chi connectivity index (χ1n) is 13.2. The van der Waals surface area contributed by atoms with Crippen molar-refractivity contribution in [2.75, 3.05) is 33.9 Å². The minimum atomic E-state index is -0.775. The molecule has 38 heavy (non-hydrogen) atoms. The number of nitrogens with one attached hydrogen (secondary N) is 3. The zero-order valence-corrected chi connectivity index (χ0v) is 22.1. The number of amides is 2. The zero-order valence-electron chi connectivity index (χ0n) is 22.1. The number of aromatic nitrogens is 1. The number of benzene rings is 2. The van der Waals surface area contributed by atoms with Gasteiger partial charge < -0.3 is 25.3 Å². The van der Waals surface area contributed by atoms with E-state index in [1.54, 1.807) is 14.0 Å². The van der Waals surface area contributed by atoms with Crippen molar-refractivity contribution < 1.29 is 18.7 Å². The van der Waals surface area contributed by atoms with Gasteiger partial charge in [-0.1, -0.05) is 30.3 Å². The minimum Gasteiger partial charge on any atom is -0.382 e. The quantitative estimate of drug-likeness (QED) is 0.403. The number of carbonyl (C=O) groups excluding carboxylic acids is 2. The molecule has 2 aliphatic rings. The summed E-state index contributed by atoms with van der Waals surface area (Å²) in [7, 11) is 3.24. The second kappa shape index (κ2) is 11.2. The van der Waals surface area contributed by atoms with Gasteiger partial charge in [-0.05, 0) is 49.7 Å². The Hall–Kier alpha value is -3.27.